The Hall–Kier alpha value is -1.64. The van der Waals surface area contributed by atoms with Crippen LogP contribution < -0.4 is 10.6 Å². The van der Waals surface area contributed by atoms with Gasteiger partial charge in [0.25, 0.3) is 0 Å². The predicted octanol–water partition coefficient (Wildman–Crippen LogP) is 2.66. The standard InChI is InChI=1S/C16H19ClN6OS/c17-13-11(1-5-20-22-13)25-15-14(18)21-12(9-19-15)23-6-2-16(3-7-23)4-8-24-10-16/h1,5,9H,2-4,6-8,10H2,(H2,18,21). The highest BCUT2D eigenvalue weighted by molar-refractivity contribution is 7.99. The first-order valence-corrected chi connectivity index (χ1v) is 9.45. The fourth-order valence-corrected chi connectivity index (χ4v) is 4.29. The molecular formula is C16H19ClN6OS. The number of nitrogens with zero attached hydrogens (tertiary/aromatic N) is 5. The van der Waals surface area contributed by atoms with Gasteiger partial charge in [0.15, 0.2) is 11.0 Å². The minimum Gasteiger partial charge on any atom is -0.381 e. The van der Waals surface area contributed by atoms with Crippen LogP contribution in [-0.4, -0.2) is 46.5 Å². The number of aromatic nitrogens is 4. The van der Waals surface area contributed by atoms with E-state index in [1.54, 1.807) is 18.5 Å². The minimum atomic E-state index is 0.331. The van der Waals surface area contributed by atoms with Gasteiger partial charge in [0.05, 0.1) is 23.9 Å². The summed E-state index contributed by atoms with van der Waals surface area (Å²) < 4.78 is 5.59. The van der Waals surface area contributed by atoms with Gasteiger partial charge in [0.1, 0.15) is 10.8 Å². The number of nitrogen functional groups attached to an aromatic ring is 1. The zero-order valence-electron chi connectivity index (χ0n) is 13.7. The predicted molar refractivity (Wildman–Crippen MR) is 96.9 cm³/mol. The molecule has 0 aromatic carbocycles. The molecule has 25 heavy (non-hydrogen) atoms. The molecule has 132 valence electrons. The third kappa shape index (κ3) is 3.51. The molecule has 2 N–H and O–H groups in total. The third-order valence-electron chi connectivity index (χ3n) is 4.93. The molecule has 0 atom stereocenters. The molecule has 0 unspecified atom stereocenters. The number of hydrogen-bond acceptors (Lipinski definition) is 8. The second-order valence-electron chi connectivity index (χ2n) is 6.50. The summed E-state index contributed by atoms with van der Waals surface area (Å²) in [5.74, 6) is 1.23. The van der Waals surface area contributed by atoms with E-state index in [0.717, 1.165) is 49.9 Å². The largest absolute Gasteiger partial charge is 0.381 e. The molecule has 0 saturated carbocycles. The summed E-state index contributed by atoms with van der Waals surface area (Å²) in [6, 6.07) is 1.78. The van der Waals surface area contributed by atoms with Crippen LogP contribution >= 0.6 is 23.4 Å². The smallest absolute Gasteiger partial charge is 0.165 e. The molecule has 0 aliphatic carbocycles. The quantitative estimate of drug-likeness (QED) is 0.871. The van der Waals surface area contributed by atoms with Gasteiger partial charge in [-0.2, -0.15) is 5.10 Å². The van der Waals surface area contributed by atoms with Crippen molar-refractivity contribution >= 4 is 35.0 Å². The van der Waals surface area contributed by atoms with Gasteiger partial charge in [0.2, 0.25) is 0 Å². The lowest BCUT2D eigenvalue weighted by atomic mass is 9.78. The number of nitrogens with two attached hydrogens (primary N) is 1. The van der Waals surface area contributed by atoms with Crippen LogP contribution in [0.25, 0.3) is 0 Å². The first kappa shape index (κ1) is 16.8. The molecule has 2 saturated heterocycles. The lowest BCUT2D eigenvalue weighted by Crippen LogP contribution is -2.41. The molecule has 4 rings (SSSR count). The van der Waals surface area contributed by atoms with Gasteiger partial charge in [-0.05, 0) is 30.7 Å². The Balaban J connectivity index is 1.46. The van der Waals surface area contributed by atoms with Gasteiger partial charge in [-0.25, -0.2) is 9.97 Å². The minimum absolute atomic E-state index is 0.331. The summed E-state index contributed by atoms with van der Waals surface area (Å²) in [6.07, 6.45) is 6.80. The molecule has 0 radical (unpaired) electrons. The molecular weight excluding hydrogens is 360 g/mol. The van der Waals surface area contributed by atoms with E-state index in [2.05, 4.69) is 25.1 Å². The maximum Gasteiger partial charge on any atom is 0.165 e. The maximum absolute atomic E-state index is 6.12. The molecule has 1 spiro atoms. The molecule has 2 aliphatic rings. The van der Waals surface area contributed by atoms with Crippen molar-refractivity contribution in [2.75, 3.05) is 36.9 Å². The van der Waals surface area contributed by atoms with Crippen LogP contribution in [0.15, 0.2) is 28.4 Å². The summed E-state index contributed by atoms with van der Waals surface area (Å²) in [6.45, 7) is 3.71. The van der Waals surface area contributed by atoms with Crippen LogP contribution in [0, 0.1) is 5.41 Å². The summed E-state index contributed by atoms with van der Waals surface area (Å²) in [5, 5.41) is 8.51. The Morgan fingerprint density at radius 2 is 2.12 bits per heavy atom. The number of piperidine rings is 1. The van der Waals surface area contributed by atoms with Crippen molar-refractivity contribution in [2.45, 2.75) is 29.2 Å². The van der Waals surface area contributed by atoms with Crippen LogP contribution in [0.1, 0.15) is 19.3 Å². The molecule has 0 bridgehead atoms. The second kappa shape index (κ2) is 6.93. The van der Waals surface area contributed by atoms with E-state index < -0.39 is 0 Å². The summed E-state index contributed by atoms with van der Waals surface area (Å²) >= 11 is 7.38. The van der Waals surface area contributed by atoms with E-state index in [9.17, 15) is 0 Å². The van der Waals surface area contributed by atoms with E-state index in [4.69, 9.17) is 22.1 Å². The normalized spacial score (nSPS) is 19.5. The molecule has 9 heteroatoms. The number of ether oxygens (including phenoxy) is 1. The molecule has 2 aliphatic heterocycles. The van der Waals surface area contributed by atoms with E-state index in [1.807, 2.05) is 0 Å². The fraction of sp³-hybridized carbons (Fsp3) is 0.500. The Labute approximate surface area is 155 Å². The molecule has 7 nitrogen and oxygen atoms in total. The van der Waals surface area contributed by atoms with Crippen LogP contribution in [0.2, 0.25) is 5.15 Å². The first-order chi connectivity index (χ1) is 12.2. The highest BCUT2D eigenvalue weighted by Gasteiger charge is 2.38. The Morgan fingerprint density at radius 1 is 1.28 bits per heavy atom. The van der Waals surface area contributed by atoms with Crippen molar-refractivity contribution in [3.63, 3.8) is 0 Å². The van der Waals surface area contributed by atoms with Crippen molar-refractivity contribution in [2.24, 2.45) is 5.41 Å². The molecule has 4 heterocycles. The van der Waals surface area contributed by atoms with Crippen LogP contribution in [0.4, 0.5) is 11.6 Å². The zero-order chi connectivity index (χ0) is 17.3. The number of hydrogen-bond donors (Lipinski definition) is 1. The van der Waals surface area contributed by atoms with Crippen molar-refractivity contribution < 1.29 is 4.74 Å². The van der Waals surface area contributed by atoms with E-state index in [1.165, 1.54) is 18.2 Å². The lowest BCUT2D eigenvalue weighted by Gasteiger charge is -2.38. The van der Waals surface area contributed by atoms with Crippen LogP contribution in [0.3, 0.4) is 0 Å². The Kier molecular flexibility index (Phi) is 4.66. The van der Waals surface area contributed by atoms with E-state index >= 15 is 0 Å². The van der Waals surface area contributed by atoms with Gasteiger partial charge in [-0.15, -0.1) is 5.10 Å². The fourth-order valence-electron chi connectivity index (χ4n) is 3.35. The average molecular weight is 379 g/mol. The van der Waals surface area contributed by atoms with E-state index in [0.29, 0.717) is 21.4 Å². The van der Waals surface area contributed by atoms with Crippen molar-refractivity contribution in [1.82, 2.24) is 20.2 Å². The average Bonchev–Trinajstić information content (AvgIpc) is 3.07. The lowest BCUT2D eigenvalue weighted by molar-refractivity contribution is 0.133. The van der Waals surface area contributed by atoms with Crippen molar-refractivity contribution in [3.8, 4) is 0 Å². The highest BCUT2D eigenvalue weighted by atomic mass is 35.5. The van der Waals surface area contributed by atoms with Gasteiger partial charge in [0, 0.05) is 19.7 Å². The molecule has 0 amide bonds. The molecule has 2 aromatic heterocycles. The third-order valence-corrected chi connectivity index (χ3v) is 6.38. The highest BCUT2D eigenvalue weighted by Crippen LogP contribution is 2.40. The topological polar surface area (TPSA) is 90.0 Å². The second-order valence-corrected chi connectivity index (χ2v) is 7.89. The summed E-state index contributed by atoms with van der Waals surface area (Å²) in [7, 11) is 0. The van der Waals surface area contributed by atoms with Crippen LogP contribution in [-0.2, 0) is 4.74 Å². The Bertz CT molecular complexity index is 760. The van der Waals surface area contributed by atoms with Gasteiger partial charge in [-0.3, -0.25) is 0 Å². The summed E-state index contributed by atoms with van der Waals surface area (Å²) in [4.78, 5) is 12.0. The number of halogens is 1. The summed E-state index contributed by atoms with van der Waals surface area (Å²) in [5.41, 5.74) is 6.49. The number of anilines is 2. The number of rotatable bonds is 3. The van der Waals surface area contributed by atoms with Gasteiger partial charge >= 0.3 is 0 Å². The Morgan fingerprint density at radius 3 is 2.80 bits per heavy atom. The van der Waals surface area contributed by atoms with Crippen molar-refractivity contribution in [3.05, 3.63) is 23.6 Å². The molecule has 2 aromatic rings. The first-order valence-electron chi connectivity index (χ1n) is 8.26. The van der Waals surface area contributed by atoms with Gasteiger partial charge < -0.3 is 15.4 Å². The SMILES string of the molecule is Nc1nc(N2CCC3(CCOC3)CC2)cnc1Sc1ccnnc1Cl. The van der Waals surface area contributed by atoms with E-state index in [-0.39, 0.29) is 0 Å². The van der Waals surface area contributed by atoms with Crippen LogP contribution in [0.5, 0.6) is 0 Å². The van der Waals surface area contributed by atoms with Crippen molar-refractivity contribution in [1.29, 1.82) is 0 Å². The monoisotopic (exact) mass is 378 g/mol. The molecule has 2 fully saturated rings. The zero-order valence-corrected chi connectivity index (χ0v) is 15.3. The maximum atomic E-state index is 6.12. The van der Waals surface area contributed by atoms with Gasteiger partial charge in [-0.1, -0.05) is 23.4 Å².